The van der Waals surface area contributed by atoms with Gasteiger partial charge in [-0.05, 0) is 18.4 Å². The maximum atomic E-state index is 12.2. The number of hydrogen-bond donors (Lipinski definition) is 0. The van der Waals surface area contributed by atoms with Crippen LogP contribution in [0.2, 0.25) is 0 Å². The van der Waals surface area contributed by atoms with E-state index in [0.717, 1.165) is 24.8 Å². The number of ketones is 1. The van der Waals surface area contributed by atoms with Crippen molar-refractivity contribution in [3.05, 3.63) is 35.9 Å². The molecule has 0 aromatic heterocycles. The number of carbonyl (C=O) groups excluding carboxylic acids is 1. The summed E-state index contributed by atoms with van der Waals surface area (Å²) in [7, 11) is 1.70. The molecule has 2 heteroatoms. The molecule has 1 aromatic carbocycles. The fourth-order valence-corrected chi connectivity index (χ4v) is 2.77. The zero-order valence-corrected chi connectivity index (χ0v) is 10.6. The van der Waals surface area contributed by atoms with Crippen LogP contribution in [0.1, 0.15) is 37.9 Å². The third-order valence-electron chi connectivity index (χ3n) is 3.75. The van der Waals surface area contributed by atoms with Gasteiger partial charge in [0.2, 0.25) is 0 Å². The van der Waals surface area contributed by atoms with Gasteiger partial charge in [0.1, 0.15) is 5.78 Å². The first-order valence-corrected chi connectivity index (χ1v) is 6.35. The zero-order chi connectivity index (χ0) is 12.3. The summed E-state index contributed by atoms with van der Waals surface area (Å²) in [6.07, 6.45) is 3.04. The molecule has 17 heavy (non-hydrogen) atoms. The molecule has 2 nitrogen and oxygen atoms in total. The smallest absolute Gasteiger partial charge is 0.141 e. The second kappa shape index (κ2) is 5.46. The summed E-state index contributed by atoms with van der Waals surface area (Å²) in [6.45, 7) is 2.03. The van der Waals surface area contributed by atoms with E-state index in [9.17, 15) is 4.79 Å². The average Bonchev–Trinajstić information content (AvgIpc) is 2.37. The van der Waals surface area contributed by atoms with Gasteiger partial charge in [0.05, 0.1) is 6.10 Å². The van der Waals surface area contributed by atoms with E-state index in [4.69, 9.17) is 4.74 Å². The molecule has 1 aromatic rings. The van der Waals surface area contributed by atoms with Crippen LogP contribution in [-0.4, -0.2) is 12.9 Å². The molecule has 3 atom stereocenters. The molecule has 1 aliphatic rings. The minimum Gasteiger partial charge on any atom is -0.376 e. The lowest BCUT2D eigenvalue weighted by molar-refractivity contribution is -0.134. The van der Waals surface area contributed by atoms with Crippen molar-refractivity contribution in [1.82, 2.24) is 0 Å². The largest absolute Gasteiger partial charge is 0.376 e. The molecule has 0 aliphatic heterocycles. The molecule has 0 amide bonds. The van der Waals surface area contributed by atoms with Crippen LogP contribution in [0.25, 0.3) is 0 Å². The Morgan fingerprint density at radius 2 is 1.94 bits per heavy atom. The van der Waals surface area contributed by atoms with Crippen LogP contribution in [0, 0.1) is 11.8 Å². The van der Waals surface area contributed by atoms with Crippen LogP contribution < -0.4 is 0 Å². The fourth-order valence-electron chi connectivity index (χ4n) is 2.77. The first-order chi connectivity index (χ1) is 8.24. The van der Waals surface area contributed by atoms with Gasteiger partial charge >= 0.3 is 0 Å². The molecule has 0 heterocycles. The molecule has 2 rings (SSSR count). The lowest BCUT2D eigenvalue weighted by atomic mass is 9.76. The van der Waals surface area contributed by atoms with Gasteiger partial charge in [-0.15, -0.1) is 0 Å². The Balaban J connectivity index is 2.21. The molecule has 0 N–H and O–H groups in total. The van der Waals surface area contributed by atoms with Crippen molar-refractivity contribution in [2.75, 3.05) is 7.11 Å². The molecule has 92 valence electrons. The minimum atomic E-state index is -0.0774. The Hall–Kier alpha value is -1.15. The van der Waals surface area contributed by atoms with Gasteiger partial charge in [0, 0.05) is 18.9 Å². The van der Waals surface area contributed by atoms with Gasteiger partial charge in [-0.25, -0.2) is 0 Å². The van der Waals surface area contributed by atoms with Crippen molar-refractivity contribution in [2.45, 2.75) is 32.3 Å². The van der Waals surface area contributed by atoms with E-state index >= 15 is 0 Å². The Morgan fingerprint density at radius 3 is 2.59 bits per heavy atom. The maximum absolute atomic E-state index is 12.2. The second-order valence-electron chi connectivity index (χ2n) is 4.91. The number of benzene rings is 1. The van der Waals surface area contributed by atoms with Crippen molar-refractivity contribution in [1.29, 1.82) is 0 Å². The van der Waals surface area contributed by atoms with E-state index in [-0.39, 0.29) is 17.9 Å². The molecule has 3 unspecified atom stereocenters. The summed E-state index contributed by atoms with van der Waals surface area (Å²) in [6, 6.07) is 10.1. The fraction of sp³-hybridized carbons (Fsp3) is 0.533. The van der Waals surface area contributed by atoms with Gasteiger partial charge in [0.15, 0.2) is 0 Å². The van der Waals surface area contributed by atoms with E-state index in [1.54, 1.807) is 7.11 Å². The van der Waals surface area contributed by atoms with Crippen LogP contribution in [0.4, 0.5) is 0 Å². The average molecular weight is 232 g/mol. The topological polar surface area (TPSA) is 26.3 Å². The summed E-state index contributed by atoms with van der Waals surface area (Å²) in [5, 5.41) is 0. The first-order valence-electron chi connectivity index (χ1n) is 6.35. The third kappa shape index (κ3) is 2.58. The summed E-state index contributed by atoms with van der Waals surface area (Å²) >= 11 is 0. The summed E-state index contributed by atoms with van der Waals surface area (Å²) in [5.41, 5.74) is 1.11. The Kier molecular flexibility index (Phi) is 3.95. The van der Waals surface area contributed by atoms with Crippen LogP contribution in [-0.2, 0) is 9.53 Å². The standard InChI is InChI=1S/C15H20O2/c1-11-7-6-10-13(14(11)16)15(17-2)12-8-4-3-5-9-12/h3-5,8-9,11,13,15H,6-7,10H2,1-2H3. The van der Waals surface area contributed by atoms with Gasteiger partial charge in [-0.1, -0.05) is 43.7 Å². The van der Waals surface area contributed by atoms with E-state index in [1.807, 2.05) is 37.3 Å². The first kappa shape index (κ1) is 12.3. The number of ether oxygens (including phenoxy) is 1. The van der Waals surface area contributed by atoms with Crippen LogP contribution in [0.5, 0.6) is 0 Å². The Labute approximate surface area is 103 Å². The zero-order valence-electron chi connectivity index (χ0n) is 10.6. The second-order valence-corrected chi connectivity index (χ2v) is 4.91. The monoisotopic (exact) mass is 232 g/mol. The molecule has 1 aliphatic carbocycles. The molecule has 0 spiro atoms. The lowest BCUT2D eigenvalue weighted by Gasteiger charge is -2.31. The third-order valence-corrected chi connectivity index (χ3v) is 3.75. The molecular weight excluding hydrogens is 212 g/mol. The molecule has 0 bridgehead atoms. The molecular formula is C15H20O2. The van der Waals surface area contributed by atoms with E-state index < -0.39 is 0 Å². The van der Waals surface area contributed by atoms with Crippen LogP contribution in [0.15, 0.2) is 30.3 Å². The van der Waals surface area contributed by atoms with Crippen molar-refractivity contribution in [3.63, 3.8) is 0 Å². The normalized spacial score (nSPS) is 26.8. The van der Waals surface area contributed by atoms with Crippen molar-refractivity contribution < 1.29 is 9.53 Å². The predicted molar refractivity (Wildman–Crippen MR) is 67.7 cm³/mol. The van der Waals surface area contributed by atoms with Gasteiger partial charge in [-0.3, -0.25) is 4.79 Å². The molecule has 1 fully saturated rings. The lowest BCUT2D eigenvalue weighted by Crippen LogP contribution is -2.32. The molecule has 0 radical (unpaired) electrons. The van der Waals surface area contributed by atoms with Crippen molar-refractivity contribution in [3.8, 4) is 0 Å². The van der Waals surface area contributed by atoms with Crippen LogP contribution in [0.3, 0.4) is 0 Å². The van der Waals surface area contributed by atoms with Crippen LogP contribution >= 0.6 is 0 Å². The molecule has 1 saturated carbocycles. The quantitative estimate of drug-likeness (QED) is 0.798. The number of carbonyl (C=O) groups is 1. The minimum absolute atomic E-state index is 0.0335. The number of Topliss-reactive ketones (excluding diaryl/α,β-unsaturated/α-hetero) is 1. The van der Waals surface area contributed by atoms with Gasteiger partial charge in [-0.2, -0.15) is 0 Å². The van der Waals surface area contributed by atoms with E-state index in [0.29, 0.717) is 5.78 Å². The number of hydrogen-bond acceptors (Lipinski definition) is 2. The van der Waals surface area contributed by atoms with Gasteiger partial charge in [0.25, 0.3) is 0 Å². The Bertz CT molecular complexity index is 372. The van der Waals surface area contributed by atoms with Crippen molar-refractivity contribution in [2.24, 2.45) is 11.8 Å². The van der Waals surface area contributed by atoms with Crippen molar-refractivity contribution >= 4 is 5.78 Å². The summed E-state index contributed by atoms with van der Waals surface area (Å²) in [4.78, 5) is 12.2. The van der Waals surface area contributed by atoms with E-state index in [1.165, 1.54) is 0 Å². The Morgan fingerprint density at radius 1 is 1.24 bits per heavy atom. The highest BCUT2D eigenvalue weighted by Crippen LogP contribution is 2.36. The predicted octanol–water partition coefficient (Wildman–Crippen LogP) is 3.38. The van der Waals surface area contributed by atoms with Gasteiger partial charge < -0.3 is 4.74 Å². The summed E-state index contributed by atoms with van der Waals surface area (Å²) < 4.78 is 5.57. The SMILES string of the molecule is COC(c1ccccc1)C1CCCC(C)C1=O. The highest BCUT2D eigenvalue weighted by molar-refractivity contribution is 5.84. The number of rotatable bonds is 3. The maximum Gasteiger partial charge on any atom is 0.141 e. The highest BCUT2D eigenvalue weighted by atomic mass is 16.5. The number of methoxy groups -OCH3 is 1. The summed E-state index contributed by atoms with van der Waals surface area (Å²) in [5.74, 6) is 0.591. The highest BCUT2D eigenvalue weighted by Gasteiger charge is 2.34. The van der Waals surface area contributed by atoms with E-state index in [2.05, 4.69) is 0 Å². The molecule has 0 saturated heterocycles.